The van der Waals surface area contributed by atoms with E-state index in [2.05, 4.69) is 220 Å². The van der Waals surface area contributed by atoms with Crippen LogP contribution in [0.15, 0.2) is 212 Å². The van der Waals surface area contributed by atoms with Gasteiger partial charge in [0.2, 0.25) is 0 Å². The van der Waals surface area contributed by atoms with E-state index in [0.29, 0.717) is 41.4 Å². The number of benzene rings is 6. The summed E-state index contributed by atoms with van der Waals surface area (Å²) in [4.78, 5) is 0. The van der Waals surface area contributed by atoms with Gasteiger partial charge in [-0.25, -0.2) is 0 Å². The summed E-state index contributed by atoms with van der Waals surface area (Å²) < 4.78 is 0. The second-order valence-electron chi connectivity index (χ2n) is 16.5. The molecule has 0 heterocycles. The molecule has 0 saturated heterocycles. The zero-order valence-electron chi connectivity index (χ0n) is 33.9. The molecule has 0 heteroatoms. The zero-order valence-corrected chi connectivity index (χ0v) is 33.9. The molecule has 57 heavy (non-hydrogen) atoms. The Labute approximate surface area is 343 Å². The monoisotopic (exact) mass is 743 g/mol. The van der Waals surface area contributed by atoms with E-state index in [1.807, 2.05) is 6.08 Å². The molecule has 286 valence electrons. The molecule has 1 aliphatic rings. The van der Waals surface area contributed by atoms with Crippen LogP contribution >= 0.6 is 0 Å². The van der Waals surface area contributed by atoms with Crippen molar-refractivity contribution in [3.05, 3.63) is 251 Å². The Morgan fingerprint density at radius 1 is 0.333 bits per heavy atom. The van der Waals surface area contributed by atoms with Crippen molar-refractivity contribution < 1.29 is 0 Å². The van der Waals surface area contributed by atoms with Crippen molar-refractivity contribution in [3.63, 3.8) is 0 Å². The molecule has 7 unspecified atom stereocenters. The van der Waals surface area contributed by atoms with Gasteiger partial charge in [0, 0.05) is 18.1 Å². The van der Waals surface area contributed by atoms with Gasteiger partial charge in [-0.2, -0.15) is 0 Å². The molecule has 0 spiro atoms. The lowest BCUT2D eigenvalue weighted by molar-refractivity contribution is 0.383. The van der Waals surface area contributed by atoms with Gasteiger partial charge in [0.05, 0.1) is 11.6 Å². The van der Waals surface area contributed by atoms with Gasteiger partial charge in [0.15, 0.2) is 0 Å². The van der Waals surface area contributed by atoms with E-state index in [0.717, 1.165) is 38.5 Å². The number of rotatable bonds is 19. The summed E-state index contributed by atoms with van der Waals surface area (Å²) in [6, 6.07) is 68.1. The highest BCUT2D eigenvalue weighted by molar-refractivity contribution is 5.33. The van der Waals surface area contributed by atoms with Gasteiger partial charge in [0.1, 0.15) is 12.2 Å². The largest absolute Gasteiger partial charge is 0.106 e. The van der Waals surface area contributed by atoms with Gasteiger partial charge in [-0.15, -0.1) is 0 Å². The fraction of sp³-hybridized carbons (Fsp3) is 0.263. The summed E-state index contributed by atoms with van der Waals surface area (Å²) in [5, 5.41) is 0. The Morgan fingerprint density at radius 3 is 0.912 bits per heavy atom. The summed E-state index contributed by atoms with van der Waals surface area (Å²) in [6.45, 7) is 4.82. The molecule has 1 aliphatic carbocycles. The summed E-state index contributed by atoms with van der Waals surface area (Å²) in [6.07, 6.45) is 18.6. The molecule has 6 aromatic carbocycles. The van der Waals surface area contributed by atoms with E-state index in [4.69, 9.17) is 0 Å². The standard InChI is InChI=1S/C57H59/c1-44(46-24-10-3-11-25-46)38-53(48-28-14-5-15-29-48)40-55(50-32-18-7-19-33-50)42-57(52-36-22-9-23-37-52)43-56(51-34-20-8-21-35-51)41-54(49-30-16-6-17-31-49)39-45(2)47-26-12-4-13-27-47/h3-12,14-37,44-45,53-57H,38-43H2,1-2H3/q+1. The molecule has 0 nitrogen and oxygen atoms in total. The number of hydrogen-bond donors (Lipinski definition) is 0. The quantitative estimate of drug-likeness (QED) is 0.0725. The van der Waals surface area contributed by atoms with Crippen molar-refractivity contribution in [1.82, 2.24) is 0 Å². The van der Waals surface area contributed by atoms with Gasteiger partial charge >= 0.3 is 0 Å². The predicted octanol–water partition coefficient (Wildman–Crippen LogP) is 15.5. The van der Waals surface area contributed by atoms with E-state index in [-0.39, 0.29) is 0 Å². The first kappa shape index (κ1) is 39.7. The van der Waals surface area contributed by atoms with Crippen molar-refractivity contribution in [2.45, 2.75) is 87.9 Å². The van der Waals surface area contributed by atoms with E-state index in [1.54, 1.807) is 0 Å². The maximum Gasteiger partial charge on any atom is 0.106 e. The second kappa shape index (κ2) is 20.6. The minimum atomic E-state index is 0.391. The Hall–Kier alpha value is -5.55. The highest BCUT2D eigenvalue weighted by Crippen LogP contribution is 2.46. The van der Waals surface area contributed by atoms with Crippen LogP contribution in [0.5, 0.6) is 0 Å². The normalized spacial score (nSPS) is 16.0. The van der Waals surface area contributed by atoms with Gasteiger partial charge in [0.25, 0.3) is 0 Å². The van der Waals surface area contributed by atoms with Crippen molar-refractivity contribution in [2.24, 2.45) is 5.92 Å². The van der Waals surface area contributed by atoms with Crippen LogP contribution in [0.25, 0.3) is 0 Å². The lowest BCUT2D eigenvalue weighted by atomic mass is 9.71. The average Bonchev–Trinajstić information content (AvgIpc) is 3.29. The first-order valence-corrected chi connectivity index (χ1v) is 21.4. The molecule has 7 rings (SSSR count). The Balaban J connectivity index is 1.23. The molecule has 6 aromatic rings. The predicted molar refractivity (Wildman–Crippen MR) is 243 cm³/mol. The summed E-state index contributed by atoms with van der Waals surface area (Å²) in [5.41, 5.74) is 10.1. The van der Waals surface area contributed by atoms with Crippen molar-refractivity contribution in [2.75, 3.05) is 0 Å². The molecular formula is C57H59+. The molecule has 0 bridgehead atoms. The molecular weight excluding hydrogens is 685 g/mol. The minimum Gasteiger partial charge on any atom is -0.0622 e. The van der Waals surface area contributed by atoms with Crippen LogP contribution in [-0.4, -0.2) is 0 Å². The molecule has 7 atom stereocenters. The maximum absolute atomic E-state index is 3.34. The highest BCUT2D eigenvalue weighted by Gasteiger charge is 2.30. The maximum atomic E-state index is 3.34. The smallest absolute Gasteiger partial charge is 0.0622 e. The molecule has 0 aromatic heterocycles. The lowest BCUT2D eigenvalue weighted by Crippen LogP contribution is -2.17. The van der Waals surface area contributed by atoms with Crippen molar-refractivity contribution in [1.29, 1.82) is 0 Å². The van der Waals surface area contributed by atoms with E-state index < -0.39 is 0 Å². The molecule has 0 aliphatic heterocycles. The number of allylic oxidation sites excluding steroid dienone is 6. The van der Waals surface area contributed by atoms with Gasteiger partial charge in [-0.1, -0.05) is 189 Å². The van der Waals surface area contributed by atoms with Crippen LogP contribution in [0.2, 0.25) is 0 Å². The number of hydrogen-bond acceptors (Lipinski definition) is 0. The Kier molecular flexibility index (Phi) is 14.3. The van der Waals surface area contributed by atoms with Crippen LogP contribution in [0, 0.1) is 12.0 Å². The SMILES string of the molecule is CC(CC(CC(CC(CC(CC(CC(C)c1ccccc1)c1ccccc1)c1ccccc1)c1ccccc1)c1ccccc1)c1ccccc1)C1=CC=C[C+]=C1. The van der Waals surface area contributed by atoms with Crippen LogP contribution in [0.1, 0.15) is 121 Å². The third kappa shape index (κ3) is 11.3. The van der Waals surface area contributed by atoms with Gasteiger partial charge in [-0.05, 0) is 114 Å². The van der Waals surface area contributed by atoms with Gasteiger partial charge in [-0.3, -0.25) is 0 Å². The van der Waals surface area contributed by atoms with Crippen molar-refractivity contribution in [3.8, 4) is 0 Å². The summed E-state index contributed by atoms with van der Waals surface area (Å²) >= 11 is 0. The summed E-state index contributed by atoms with van der Waals surface area (Å²) in [5.74, 6) is 2.95. The van der Waals surface area contributed by atoms with Gasteiger partial charge < -0.3 is 0 Å². The molecule has 0 amide bonds. The topological polar surface area (TPSA) is 0 Å². The van der Waals surface area contributed by atoms with Crippen LogP contribution in [-0.2, 0) is 0 Å². The Morgan fingerprint density at radius 2 is 0.614 bits per heavy atom. The molecule has 0 fully saturated rings. The van der Waals surface area contributed by atoms with E-state index >= 15 is 0 Å². The fourth-order valence-electron chi connectivity index (χ4n) is 9.46. The molecule has 0 radical (unpaired) electrons. The third-order valence-corrected chi connectivity index (χ3v) is 12.6. The average molecular weight is 744 g/mol. The first-order valence-electron chi connectivity index (χ1n) is 21.4. The lowest BCUT2D eigenvalue weighted by Gasteiger charge is -2.33. The Bertz CT molecular complexity index is 2110. The van der Waals surface area contributed by atoms with E-state index in [9.17, 15) is 0 Å². The fourth-order valence-corrected chi connectivity index (χ4v) is 9.46. The first-order chi connectivity index (χ1) is 28.1. The molecule has 0 N–H and O–H groups in total. The summed E-state index contributed by atoms with van der Waals surface area (Å²) in [7, 11) is 0. The van der Waals surface area contributed by atoms with E-state index in [1.165, 1.54) is 39.0 Å². The molecule has 0 saturated carbocycles. The van der Waals surface area contributed by atoms with Crippen LogP contribution in [0.4, 0.5) is 0 Å². The van der Waals surface area contributed by atoms with Crippen LogP contribution in [0.3, 0.4) is 0 Å². The van der Waals surface area contributed by atoms with Crippen molar-refractivity contribution >= 4 is 0 Å². The van der Waals surface area contributed by atoms with Crippen LogP contribution < -0.4 is 0 Å². The highest BCUT2D eigenvalue weighted by atomic mass is 14.3. The second-order valence-corrected chi connectivity index (χ2v) is 16.5. The zero-order chi connectivity index (χ0) is 39.1. The minimum absolute atomic E-state index is 0.391. The third-order valence-electron chi connectivity index (χ3n) is 12.6.